The third-order valence-corrected chi connectivity index (χ3v) is 4.09. The van der Waals surface area contributed by atoms with Gasteiger partial charge < -0.3 is 10.1 Å². The Morgan fingerprint density at radius 3 is 2.33 bits per heavy atom. The zero-order valence-corrected chi connectivity index (χ0v) is 15.5. The fraction of sp³-hybridized carbons (Fsp3) is 0.158. The van der Waals surface area contributed by atoms with Crippen LogP contribution in [0.25, 0.3) is 0 Å². The van der Waals surface area contributed by atoms with Crippen LogP contribution in [0.1, 0.15) is 25.3 Å². The summed E-state index contributed by atoms with van der Waals surface area (Å²) in [4.78, 5) is 18.9. The first kappa shape index (κ1) is 18.6. The van der Waals surface area contributed by atoms with Crippen molar-refractivity contribution in [3.05, 3.63) is 75.6 Å². The molecule has 0 saturated carbocycles. The van der Waals surface area contributed by atoms with E-state index in [0.29, 0.717) is 22.4 Å². The Hall–Kier alpha value is -3.19. The first-order valence-electron chi connectivity index (χ1n) is 8.24. The topological polar surface area (TPSA) is 90.2 Å². The molecule has 0 atom stereocenters. The van der Waals surface area contributed by atoms with Gasteiger partial charge in [-0.15, -0.1) is 0 Å². The lowest BCUT2D eigenvalue weighted by Gasteiger charge is -2.10. The molecule has 0 bridgehead atoms. The van der Waals surface area contributed by atoms with E-state index < -0.39 is 4.92 Å². The molecular weight excluding hydrogens is 368 g/mol. The van der Waals surface area contributed by atoms with Crippen LogP contribution in [0.2, 0.25) is 5.02 Å². The van der Waals surface area contributed by atoms with Crippen LogP contribution in [0.5, 0.6) is 11.6 Å². The highest BCUT2D eigenvalue weighted by Gasteiger charge is 2.25. The Morgan fingerprint density at radius 2 is 1.74 bits per heavy atom. The first-order valence-corrected chi connectivity index (χ1v) is 8.61. The summed E-state index contributed by atoms with van der Waals surface area (Å²) in [5.41, 5.74) is 1.40. The highest BCUT2D eigenvalue weighted by atomic mass is 35.5. The predicted octanol–water partition coefficient (Wildman–Crippen LogP) is 5.70. The number of nitrogens with zero attached hydrogens (tertiary/aromatic N) is 3. The minimum Gasteiger partial charge on any atom is -0.434 e. The number of rotatable bonds is 6. The molecule has 1 heterocycles. The molecule has 0 radical (unpaired) electrons. The van der Waals surface area contributed by atoms with Gasteiger partial charge in [0.05, 0.1) is 4.92 Å². The number of ether oxygens (including phenoxy) is 1. The fourth-order valence-corrected chi connectivity index (χ4v) is 2.52. The Kier molecular flexibility index (Phi) is 5.52. The molecule has 0 aliphatic heterocycles. The van der Waals surface area contributed by atoms with E-state index in [2.05, 4.69) is 29.1 Å². The third kappa shape index (κ3) is 4.51. The molecule has 0 fully saturated rings. The van der Waals surface area contributed by atoms with Gasteiger partial charge in [0.2, 0.25) is 5.82 Å². The maximum absolute atomic E-state index is 11.6. The quantitative estimate of drug-likeness (QED) is 0.433. The normalized spacial score (nSPS) is 10.7. The van der Waals surface area contributed by atoms with Crippen LogP contribution in [0, 0.1) is 10.1 Å². The standard InChI is InChI=1S/C19H17ClN4O3/c1-12(2)13-3-9-16(10-4-13)27-19-17(24(25)26)18(21-11-22-19)23-15-7-5-14(20)6-8-15/h3-12H,1-2H3,(H,21,22,23). The lowest BCUT2D eigenvalue weighted by atomic mass is 10.0. The van der Waals surface area contributed by atoms with Crippen molar-refractivity contribution in [2.75, 3.05) is 5.32 Å². The van der Waals surface area contributed by atoms with Gasteiger partial charge in [0.25, 0.3) is 0 Å². The highest BCUT2D eigenvalue weighted by Crippen LogP contribution is 2.35. The van der Waals surface area contributed by atoms with Crippen LogP contribution >= 0.6 is 11.6 Å². The van der Waals surface area contributed by atoms with Crippen LogP contribution in [0.15, 0.2) is 54.9 Å². The number of hydrogen-bond acceptors (Lipinski definition) is 6. The minimum atomic E-state index is -0.573. The second kappa shape index (κ2) is 8.01. The van der Waals surface area contributed by atoms with Gasteiger partial charge in [-0.1, -0.05) is 37.6 Å². The summed E-state index contributed by atoms with van der Waals surface area (Å²) in [7, 11) is 0. The molecule has 0 aliphatic rings. The van der Waals surface area contributed by atoms with Crippen LogP contribution < -0.4 is 10.1 Å². The molecule has 1 aromatic heterocycles. The van der Waals surface area contributed by atoms with Gasteiger partial charge in [0, 0.05) is 10.7 Å². The van der Waals surface area contributed by atoms with Gasteiger partial charge in [0.1, 0.15) is 12.1 Å². The number of nitrogens with one attached hydrogen (secondary N) is 1. The zero-order valence-electron chi connectivity index (χ0n) is 14.7. The number of aromatic nitrogens is 2. The summed E-state index contributed by atoms with van der Waals surface area (Å²) in [5.74, 6) is 0.733. The fourth-order valence-electron chi connectivity index (χ4n) is 2.40. The van der Waals surface area contributed by atoms with Crippen molar-refractivity contribution < 1.29 is 9.66 Å². The third-order valence-electron chi connectivity index (χ3n) is 3.84. The van der Waals surface area contributed by atoms with Crippen molar-refractivity contribution in [3.8, 4) is 11.6 Å². The van der Waals surface area contributed by atoms with Gasteiger partial charge in [-0.3, -0.25) is 10.1 Å². The van der Waals surface area contributed by atoms with Crippen molar-refractivity contribution in [1.29, 1.82) is 0 Å². The van der Waals surface area contributed by atoms with E-state index >= 15 is 0 Å². The van der Waals surface area contributed by atoms with Gasteiger partial charge >= 0.3 is 11.6 Å². The first-order chi connectivity index (χ1) is 12.9. The van der Waals surface area contributed by atoms with Crippen molar-refractivity contribution in [3.63, 3.8) is 0 Å². The van der Waals surface area contributed by atoms with E-state index in [-0.39, 0.29) is 17.4 Å². The summed E-state index contributed by atoms with van der Waals surface area (Å²) < 4.78 is 5.65. The number of benzene rings is 2. The van der Waals surface area contributed by atoms with Crippen LogP contribution in [-0.4, -0.2) is 14.9 Å². The lowest BCUT2D eigenvalue weighted by Crippen LogP contribution is -2.03. The van der Waals surface area contributed by atoms with Crippen molar-refractivity contribution in [2.45, 2.75) is 19.8 Å². The van der Waals surface area contributed by atoms with E-state index in [9.17, 15) is 10.1 Å². The second-order valence-electron chi connectivity index (χ2n) is 6.09. The summed E-state index contributed by atoms with van der Waals surface area (Å²) in [5, 5.41) is 15.1. The predicted molar refractivity (Wildman–Crippen MR) is 104 cm³/mol. The molecule has 0 aliphatic carbocycles. The zero-order chi connectivity index (χ0) is 19.4. The molecule has 8 heteroatoms. The van der Waals surface area contributed by atoms with E-state index in [4.69, 9.17) is 16.3 Å². The number of hydrogen-bond donors (Lipinski definition) is 1. The molecule has 0 saturated heterocycles. The van der Waals surface area contributed by atoms with E-state index in [0.717, 1.165) is 5.56 Å². The summed E-state index contributed by atoms with van der Waals surface area (Å²) >= 11 is 5.86. The number of anilines is 2. The van der Waals surface area contributed by atoms with Crippen LogP contribution in [0.3, 0.4) is 0 Å². The van der Waals surface area contributed by atoms with Crippen molar-refractivity contribution >= 4 is 28.8 Å². The molecular formula is C19H17ClN4O3. The van der Waals surface area contributed by atoms with Gasteiger partial charge in [-0.05, 0) is 47.9 Å². The van der Waals surface area contributed by atoms with E-state index in [1.54, 1.807) is 36.4 Å². The summed E-state index contributed by atoms with van der Waals surface area (Å²) in [6.45, 7) is 4.17. The van der Waals surface area contributed by atoms with Crippen molar-refractivity contribution in [2.24, 2.45) is 0 Å². The maximum atomic E-state index is 11.6. The van der Waals surface area contributed by atoms with E-state index in [1.807, 2.05) is 12.1 Å². The molecule has 1 N–H and O–H groups in total. The average Bonchev–Trinajstić information content (AvgIpc) is 2.64. The molecule has 3 rings (SSSR count). The summed E-state index contributed by atoms with van der Waals surface area (Å²) in [6, 6.07) is 14.1. The largest absolute Gasteiger partial charge is 0.434 e. The molecule has 138 valence electrons. The Labute approximate surface area is 161 Å². The molecule has 27 heavy (non-hydrogen) atoms. The number of nitro groups is 1. The minimum absolute atomic E-state index is 0.0334. The van der Waals surface area contributed by atoms with Crippen LogP contribution in [-0.2, 0) is 0 Å². The Bertz CT molecular complexity index is 944. The monoisotopic (exact) mass is 384 g/mol. The van der Waals surface area contributed by atoms with Crippen molar-refractivity contribution in [1.82, 2.24) is 9.97 Å². The summed E-state index contributed by atoms with van der Waals surface area (Å²) in [6.07, 6.45) is 1.21. The SMILES string of the molecule is CC(C)c1ccc(Oc2ncnc(Nc3ccc(Cl)cc3)c2[N+](=O)[O-])cc1. The second-order valence-corrected chi connectivity index (χ2v) is 6.53. The molecule has 0 spiro atoms. The molecule has 3 aromatic rings. The van der Waals surface area contributed by atoms with Gasteiger partial charge in [-0.2, -0.15) is 4.98 Å². The molecule has 0 amide bonds. The Balaban J connectivity index is 1.91. The molecule has 7 nitrogen and oxygen atoms in total. The molecule has 0 unspecified atom stereocenters. The maximum Gasteiger partial charge on any atom is 0.373 e. The van der Waals surface area contributed by atoms with Gasteiger partial charge in [0.15, 0.2) is 0 Å². The molecule has 2 aromatic carbocycles. The average molecular weight is 385 g/mol. The number of halogens is 1. The van der Waals surface area contributed by atoms with Crippen LogP contribution in [0.4, 0.5) is 17.2 Å². The Morgan fingerprint density at radius 1 is 1.07 bits per heavy atom. The van der Waals surface area contributed by atoms with E-state index in [1.165, 1.54) is 6.33 Å². The lowest BCUT2D eigenvalue weighted by molar-refractivity contribution is -0.385. The highest BCUT2D eigenvalue weighted by molar-refractivity contribution is 6.30. The smallest absolute Gasteiger partial charge is 0.373 e. The van der Waals surface area contributed by atoms with Gasteiger partial charge in [-0.25, -0.2) is 4.98 Å².